The van der Waals surface area contributed by atoms with E-state index in [0.29, 0.717) is 0 Å². The Labute approximate surface area is 130 Å². The number of hydrogen-bond acceptors (Lipinski definition) is 2. The molecule has 1 aliphatic rings. The zero-order valence-corrected chi connectivity index (χ0v) is 13.9. The van der Waals surface area contributed by atoms with Crippen molar-refractivity contribution in [3.8, 4) is 0 Å². The lowest BCUT2D eigenvalue weighted by atomic mass is 9.84. The number of aliphatic hydroxyl groups is 1. The van der Waals surface area contributed by atoms with Crippen molar-refractivity contribution in [2.45, 2.75) is 70.9 Å². The van der Waals surface area contributed by atoms with Crippen LogP contribution in [-0.2, 0) is 12.8 Å². The van der Waals surface area contributed by atoms with Gasteiger partial charge in [0.25, 0.3) is 0 Å². The van der Waals surface area contributed by atoms with E-state index in [0.717, 1.165) is 32.4 Å². The third-order valence-corrected chi connectivity index (χ3v) is 5.37. The van der Waals surface area contributed by atoms with Gasteiger partial charge in [0, 0.05) is 12.0 Å². The predicted octanol–water partition coefficient (Wildman–Crippen LogP) is 3.81. The van der Waals surface area contributed by atoms with E-state index in [-0.39, 0.29) is 11.6 Å². The minimum absolute atomic E-state index is 0.0934. The summed E-state index contributed by atoms with van der Waals surface area (Å²) in [5.74, 6) is 0. The Bertz CT molecular complexity index is 422. The van der Waals surface area contributed by atoms with Crippen LogP contribution in [0.2, 0.25) is 0 Å². The van der Waals surface area contributed by atoms with Crippen LogP contribution in [0.1, 0.15) is 57.6 Å². The van der Waals surface area contributed by atoms with E-state index in [9.17, 15) is 5.11 Å². The van der Waals surface area contributed by atoms with Crippen molar-refractivity contribution < 1.29 is 5.11 Å². The van der Waals surface area contributed by atoms with Crippen molar-refractivity contribution in [3.63, 3.8) is 0 Å². The predicted molar refractivity (Wildman–Crippen MR) is 89.7 cm³/mol. The quantitative estimate of drug-likeness (QED) is 0.861. The lowest BCUT2D eigenvalue weighted by Gasteiger charge is -2.46. The maximum Gasteiger partial charge on any atom is 0.0761 e. The summed E-state index contributed by atoms with van der Waals surface area (Å²) in [6.07, 6.45) is 6.41. The summed E-state index contributed by atoms with van der Waals surface area (Å²) in [4.78, 5) is 2.52. The molecule has 0 aromatic heterocycles. The minimum atomic E-state index is -0.298. The van der Waals surface area contributed by atoms with Crippen LogP contribution >= 0.6 is 0 Å². The highest BCUT2D eigenvalue weighted by Crippen LogP contribution is 2.29. The average molecular weight is 289 g/mol. The van der Waals surface area contributed by atoms with Crippen LogP contribution in [-0.4, -0.2) is 34.7 Å². The molecule has 2 atom stereocenters. The highest BCUT2D eigenvalue weighted by Gasteiger charge is 2.37. The average Bonchev–Trinajstić information content (AvgIpc) is 2.55. The second kappa shape index (κ2) is 7.42. The van der Waals surface area contributed by atoms with Crippen molar-refractivity contribution >= 4 is 0 Å². The molecule has 0 spiro atoms. The van der Waals surface area contributed by atoms with Gasteiger partial charge in [0.2, 0.25) is 0 Å². The third-order valence-electron chi connectivity index (χ3n) is 5.37. The van der Waals surface area contributed by atoms with E-state index in [1.165, 1.54) is 30.4 Å². The molecule has 2 nitrogen and oxygen atoms in total. The molecule has 1 aromatic rings. The van der Waals surface area contributed by atoms with Gasteiger partial charge in [0.05, 0.1) is 6.10 Å². The number of benzene rings is 1. The molecule has 0 radical (unpaired) electrons. The molecule has 1 fully saturated rings. The molecule has 1 aliphatic heterocycles. The fraction of sp³-hybridized carbons (Fsp3) is 0.684. The first-order valence-electron chi connectivity index (χ1n) is 8.61. The molecule has 1 saturated heterocycles. The zero-order valence-electron chi connectivity index (χ0n) is 13.9. The van der Waals surface area contributed by atoms with Crippen molar-refractivity contribution in [1.82, 2.24) is 4.90 Å². The standard InChI is InChI=1S/C19H31NO/c1-4-16-9-11-17(12-10-16)15-18(21)19(3,5-2)20-13-7-6-8-14-20/h9-12,18,21H,4-8,13-15H2,1-3H3. The second-order valence-electron chi connectivity index (χ2n) is 6.65. The molecule has 0 bridgehead atoms. The summed E-state index contributed by atoms with van der Waals surface area (Å²) in [5, 5.41) is 10.9. The second-order valence-corrected chi connectivity index (χ2v) is 6.65. The molecule has 2 unspecified atom stereocenters. The van der Waals surface area contributed by atoms with E-state index in [1.54, 1.807) is 0 Å². The van der Waals surface area contributed by atoms with Crippen molar-refractivity contribution in [2.24, 2.45) is 0 Å². The molecule has 1 N–H and O–H groups in total. The van der Waals surface area contributed by atoms with Gasteiger partial charge in [0.15, 0.2) is 0 Å². The molecular weight excluding hydrogens is 258 g/mol. The molecule has 2 rings (SSSR count). The molecule has 0 aliphatic carbocycles. The highest BCUT2D eigenvalue weighted by molar-refractivity contribution is 5.23. The lowest BCUT2D eigenvalue weighted by Crippen LogP contribution is -2.56. The van der Waals surface area contributed by atoms with Gasteiger partial charge in [-0.05, 0) is 56.8 Å². The number of rotatable bonds is 6. The Hall–Kier alpha value is -0.860. The normalized spacial score (nSPS) is 21.0. The van der Waals surface area contributed by atoms with Gasteiger partial charge in [-0.1, -0.05) is 44.5 Å². The molecule has 0 saturated carbocycles. The van der Waals surface area contributed by atoms with Gasteiger partial charge in [-0.3, -0.25) is 4.90 Å². The Kier molecular flexibility index (Phi) is 5.83. The first-order chi connectivity index (χ1) is 10.1. The molecule has 1 heterocycles. The Morgan fingerprint density at radius 2 is 1.62 bits per heavy atom. The fourth-order valence-electron chi connectivity index (χ4n) is 3.43. The number of likely N-dealkylation sites (tertiary alicyclic amines) is 1. The van der Waals surface area contributed by atoms with Crippen LogP contribution in [0.5, 0.6) is 0 Å². The van der Waals surface area contributed by atoms with E-state index < -0.39 is 0 Å². The summed E-state index contributed by atoms with van der Waals surface area (Å²) in [5.41, 5.74) is 2.52. The summed E-state index contributed by atoms with van der Waals surface area (Å²) >= 11 is 0. The third kappa shape index (κ3) is 3.87. The van der Waals surface area contributed by atoms with Gasteiger partial charge in [-0.15, -0.1) is 0 Å². The van der Waals surface area contributed by atoms with Crippen molar-refractivity contribution in [2.75, 3.05) is 13.1 Å². The van der Waals surface area contributed by atoms with E-state index in [4.69, 9.17) is 0 Å². The van der Waals surface area contributed by atoms with Crippen molar-refractivity contribution in [3.05, 3.63) is 35.4 Å². The number of nitrogens with zero attached hydrogens (tertiary/aromatic N) is 1. The van der Waals surface area contributed by atoms with Crippen LogP contribution in [0.15, 0.2) is 24.3 Å². The molecule has 2 heteroatoms. The zero-order chi connectivity index (χ0) is 15.3. The van der Waals surface area contributed by atoms with Gasteiger partial charge in [0.1, 0.15) is 0 Å². The molecular formula is C19H31NO. The van der Waals surface area contributed by atoms with Gasteiger partial charge in [-0.2, -0.15) is 0 Å². The van der Waals surface area contributed by atoms with E-state index >= 15 is 0 Å². The fourth-order valence-corrected chi connectivity index (χ4v) is 3.43. The number of aryl methyl sites for hydroxylation is 1. The summed E-state index contributed by atoms with van der Waals surface area (Å²) in [6.45, 7) is 8.89. The summed E-state index contributed by atoms with van der Waals surface area (Å²) in [6, 6.07) is 8.72. The maximum absolute atomic E-state index is 10.9. The monoisotopic (exact) mass is 289 g/mol. The van der Waals surface area contributed by atoms with Crippen LogP contribution in [0.4, 0.5) is 0 Å². The molecule has 0 amide bonds. The highest BCUT2D eigenvalue weighted by atomic mass is 16.3. The van der Waals surface area contributed by atoms with Gasteiger partial charge >= 0.3 is 0 Å². The maximum atomic E-state index is 10.9. The number of hydrogen-bond donors (Lipinski definition) is 1. The SMILES string of the molecule is CCc1ccc(CC(O)C(C)(CC)N2CCCCC2)cc1. The molecule has 118 valence electrons. The van der Waals surface area contributed by atoms with Crippen LogP contribution in [0.3, 0.4) is 0 Å². The Balaban J connectivity index is 2.05. The Morgan fingerprint density at radius 3 is 2.14 bits per heavy atom. The van der Waals surface area contributed by atoms with Gasteiger partial charge < -0.3 is 5.11 Å². The van der Waals surface area contributed by atoms with Crippen LogP contribution < -0.4 is 0 Å². The lowest BCUT2D eigenvalue weighted by molar-refractivity contribution is -0.0328. The van der Waals surface area contributed by atoms with Gasteiger partial charge in [-0.25, -0.2) is 0 Å². The largest absolute Gasteiger partial charge is 0.391 e. The van der Waals surface area contributed by atoms with E-state index in [2.05, 4.69) is 49.9 Å². The molecule has 1 aromatic carbocycles. The minimum Gasteiger partial charge on any atom is -0.391 e. The topological polar surface area (TPSA) is 23.5 Å². The summed E-state index contributed by atoms with van der Waals surface area (Å²) < 4.78 is 0. The van der Waals surface area contributed by atoms with Crippen molar-refractivity contribution in [1.29, 1.82) is 0 Å². The van der Waals surface area contributed by atoms with E-state index in [1.807, 2.05) is 0 Å². The van der Waals surface area contributed by atoms with Crippen LogP contribution in [0, 0.1) is 0 Å². The van der Waals surface area contributed by atoms with Crippen LogP contribution in [0.25, 0.3) is 0 Å². The Morgan fingerprint density at radius 1 is 1.05 bits per heavy atom. The smallest absolute Gasteiger partial charge is 0.0761 e. The summed E-state index contributed by atoms with van der Waals surface area (Å²) in [7, 11) is 0. The molecule has 21 heavy (non-hydrogen) atoms. The first-order valence-corrected chi connectivity index (χ1v) is 8.61. The number of aliphatic hydroxyl groups excluding tert-OH is 1. The number of piperidine rings is 1. The first kappa shape index (κ1) is 16.5.